The number of rotatable bonds is 2. The number of benzene rings is 2. The Morgan fingerprint density at radius 3 is 2.79 bits per heavy atom. The molecule has 19 heavy (non-hydrogen) atoms. The lowest BCUT2D eigenvalue weighted by molar-refractivity contribution is 0.601. The lowest BCUT2D eigenvalue weighted by Crippen LogP contribution is -2.00. The zero-order valence-corrected chi connectivity index (χ0v) is 12.1. The highest BCUT2D eigenvalue weighted by molar-refractivity contribution is 9.10. The van der Waals surface area contributed by atoms with Crippen LogP contribution in [0.3, 0.4) is 0 Å². The number of aryl methyl sites for hydroxylation is 1. The summed E-state index contributed by atoms with van der Waals surface area (Å²) in [5.41, 5.74) is 3.05. The minimum absolute atomic E-state index is 0.169. The van der Waals surface area contributed by atoms with Crippen molar-refractivity contribution in [2.45, 2.75) is 13.5 Å². The van der Waals surface area contributed by atoms with Crippen molar-refractivity contribution in [2.24, 2.45) is 0 Å². The Bertz CT molecular complexity index is 746. The molecule has 0 saturated heterocycles. The third kappa shape index (κ3) is 2.43. The van der Waals surface area contributed by atoms with Gasteiger partial charge in [-0.2, -0.15) is 0 Å². The van der Waals surface area contributed by atoms with Crippen LogP contribution in [-0.4, -0.2) is 4.57 Å². The number of hydrogen-bond donors (Lipinski definition) is 0. The molecule has 0 bridgehead atoms. The topological polar surface area (TPSA) is 4.93 Å². The second-order valence-electron chi connectivity index (χ2n) is 4.74. The summed E-state index contributed by atoms with van der Waals surface area (Å²) in [4.78, 5) is 0. The van der Waals surface area contributed by atoms with Crippen LogP contribution >= 0.6 is 15.9 Å². The average Bonchev–Trinajstić information content (AvgIpc) is 2.76. The van der Waals surface area contributed by atoms with Gasteiger partial charge in [-0.1, -0.05) is 27.6 Å². The van der Waals surface area contributed by atoms with Gasteiger partial charge < -0.3 is 4.57 Å². The van der Waals surface area contributed by atoms with Crippen molar-refractivity contribution < 1.29 is 4.39 Å². The molecular weight excluding hydrogens is 305 g/mol. The summed E-state index contributed by atoms with van der Waals surface area (Å²) in [5, 5.41) is 1.19. The average molecular weight is 318 g/mol. The van der Waals surface area contributed by atoms with E-state index in [2.05, 4.69) is 51.7 Å². The third-order valence-corrected chi connectivity index (χ3v) is 3.77. The SMILES string of the molecule is Cc1ccc2c(ccn2Cc2cc(Br)ccc2F)c1. The van der Waals surface area contributed by atoms with E-state index in [1.165, 1.54) is 17.0 Å². The summed E-state index contributed by atoms with van der Waals surface area (Å²) < 4.78 is 16.8. The van der Waals surface area contributed by atoms with Gasteiger partial charge in [-0.3, -0.25) is 0 Å². The largest absolute Gasteiger partial charge is 0.343 e. The normalized spacial score (nSPS) is 11.1. The van der Waals surface area contributed by atoms with Crippen LogP contribution in [0.25, 0.3) is 10.9 Å². The van der Waals surface area contributed by atoms with Crippen LogP contribution in [0.15, 0.2) is 53.1 Å². The summed E-state index contributed by atoms with van der Waals surface area (Å²) in [6, 6.07) is 13.4. The molecule has 1 heterocycles. The predicted octanol–water partition coefficient (Wildman–Crippen LogP) is 4.90. The fraction of sp³-hybridized carbons (Fsp3) is 0.125. The van der Waals surface area contributed by atoms with Crippen LogP contribution in [0.2, 0.25) is 0 Å². The molecule has 2 aromatic carbocycles. The molecule has 96 valence electrons. The van der Waals surface area contributed by atoms with E-state index in [-0.39, 0.29) is 5.82 Å². The van der Waals surface area contributed by atoms with Gasteiger partial charge in [-0.25, -0.2) is 4.39 Å². The lowest BCUT2D eigenvalue weighted by atomic mass is 10.2. The Hall–Kier alpha value is -1.61. The molecule has 0 amide bonds. The maximum atomic E-state index is 13.8. The molecule has 3 heteroatoms. The highest BCUT2D eigenvalue weighted by Crippen LogP contribution is 2.21. The molecule has 0 unspecified atom stereocenters. The molecule has 0 aliphatic heterocycles. The summed E-state index contributed by atoms with van der Waals surface area (Å²) in [6.07, 6.45) is 2.00. The van der Waals surface area contributed by atoms with E-state index in [1.54, 1.807) is 6.07 Å². The molecule has 1 nitrogen and oxygen atoms in total. The van der Waals surface area contributed by atoms with Crippen molar-refractivity contribution in [1.82, 2.24) is 4.57 Å². The molecular formula is C16H13BrFN. The van der Waals surface area contributed by atoms with Crippen LogP contribution < -0.4 is 0 Å². The zero-order chi connectivity index (χ0) is 13.4. The second kappa shape index (κ2) is 4.82. The van der Waals surface area contributed by atoms with E-state index in [0.29, 0.717) is 12.1 Å². The first-order valence-electron chi connectivity index (χ1n) is 6.13. The summed E-state index contributed by atoms with van der Waals surface area (Å²) in [5.74, 6) is -0.169. The monoisotopic (exact) mass is 317 g/mol. The van der Waals surface area contributed by atoms with Crippen molar-refractivity contribution in [3.8, 4) is 0 Å². The van der Waals surface area contributed by atoms with Gasteiger partial charge in [0.1, 0.15) is 5.82 Å². The van der Waals surface area contributed by atoms with E-state index in [0.717, 1.165) is 9.99 Å². The third-order valence-electron chi connectivity index (χ3n) is 3.27. The standard InChI is InChI=1S/C16H13BrFN/c1-11-2-5-16-12(8-11)6-7-19(16)10-13-9-14(17)3-4-15(13)18/h2-9H,10H2,1H3. The van der Waals surface area contributed by atoms with Crippen LogP contribution in [-0.2, 0) is 6.54 Å². The van der Waals surface area contributed by atoms with E-state index >= 15 is 0 Å². The number of hydrogen-bond acceptors (Lipinski definition) is 0. The molecule has 0 spiro atoms. The van der Waals surface area contributed by atoms with Gasteiger partial charge in [0.2, 0.25) is 0 Å². The lowest BCUT2D eigenvalue weighted by Gasteiger charge is -2.07. The van der Waals surface area contributed by atoms with Gasteiger partial charge in [-0.15, -0.1) is 0 Å². The number of halogens is 2. The van der Waals surface area contributed by atoms with Gasteiger partial charge in [0, 0.05) is 21.7 Å². The molecule has 0 aliphatic rings. The zero-order valence-electron chi connectivity index (χ0n) is 10.5. The maximum Gasteiger partial charge on any atom is 0.128 e. The summed E-state index contributed by atoms with van der Waals surface area (Å²) in [7, 11) is 0. The molecule has 0 aliphatic carbocycles. The van der Waals surface area contributed by atoms with Crippen molar-refractivity contribution in [2.75, 3.05) is 0 Å². The Morgan fingerprint density at radius 1 is 1.11 bits per heavy atom. The van der Waals surface area contributed by atoms with Gasteiger partial charge in [0.25, 0.3) is 0 Å². The van der Waals surface area contributed by atoms with Crippen molar-refractivity contribution >= 4 is 26.8 Å². The number of aromatic nitrogens is 1. The molecule has 1 aromatic heterocycles. The molecule has 0 radical (unpaired) electrons. The molecule has 0 atom stereocenters. The number of fused-ring (bicyclic) bond motifs is 1. The smallest absolute Gasteiger partial charge is 0.128 e. The van der Waals surface area contributed by atoms with Crippen LogP contribution in [0.1, 0.15) is 11.1 Å². The first-order valence-corrected chi connectivity index (χ1v) is 6.92. The Morgan fingerprint density at radius 2 is 1.95 bits per heavy atom. The van der Waals surface area contributed by atoms with E-state index < -0.39 is 0 Å². The van der Waals surface area contributed by atoms with Crippen molar-refractivity contribution in [1.29, 1.82) is 0 Å². The highest BCUT2D eigenvalue weighted by Gasteiger charge is 2.06. The van der Waals surface area contributed by atoms with Crippen LogP contribution in [0.5, 0.6) is 0 Å². The van der Waals surface area contributed by atoms with Crippen molar-refractivity contribution in [3.05, 3.63) is 70.1 Å². The van der Waals surface area contributed by atoms with Crippen LogP contribution in [0.4, 0.5) is 4.39 Å². The molecule has 0 fully saturated rings. The summed E-state index contributed by atoms with van der Waals surface area (Å²) in [6.45, 7) is 2.61. The highest BCUT2D eigenvalue weighted by atomic mass is 79.9. The van der Waals surface area contributed by atoms with E-state index in [4.69, 9.17) is 0 Å². The van der Waals surface area contributed by atoms with Gasteiger partial charge >= 0.3 is 0 Å². The maximum absolute atomic E-state index is 13.8. The molecule has 3 aromatic rings. The Kier molecular flexibility index (Phi) is 3.15. The first-order chi connectivity index (χ1) is 9.13. The van der Waals surface area contributed by atoms with Gasteiger partial charge in [0.15, 0.2) is 0 Å². The van der Waals surface area contributed by atoms with Crippen molar-refractivity contribution in [3.63, 3.8) is 0 Å². The fourth-order valence-electron chi connectivity index (χ4n) is 2.31. The van der Waals surface area contributed by atoms with Crippen LogP contribution in [0, 0.1) is 12.7 Å². The number of nitrogens with zero attached hydrogens (tertiary/aromatic N) is 1. The van der Waals surface area contributed by atoms with Gasteiger partial charge in [0.05, 0.1) is 6.54 Å². The quantitative estimate of drug-likeness (QED) is 0.633. The molecule has 0 N–H and O–H groups in total. The minimum Gasteiger partial charge on any atom is -0.343 e. The Labute approximate surface area is 119 Å². The second-order valence-corrected chi connectivity index (χ2v) is 5.66. The predicted molar refractivity (Wildman–Crippen MR) is 79.9 cm³/mol. The molecule has 3 rings (SSSR count). The Balaban J connectivity index is 2.03. The van der Waals surface area contributed by atoms with E-state index in [1.807, 2.05) is 12.3 Å². The van der Waals surface area contributed by atoms with E-state index in [9.17, 15) is 4.39 Å². The van der Waals surface area contributed by atoms with Gasteiger partial charge in [-0.05, 0) is 48.7 Å². The molecule has 0 saturated carbocycles. The summed E-state index contributed by atoms with van der Waals surface area (Å²) >= 11 is 3.38. The first kappa shape index (κ1) is 12.4. The minimum atomic E-state index is -0.169. The fourth-order valence-corrected chi connectivity index (χ4v) is 2.71.